The number of nitrogens with one attached hydrogen (secondary N) is 2. The van der Waals surface area contributed by atoms with Crippen LogP contribution in [0.1, 0.15) is 28.0 Å². The third-order valence-electron chi connectivity index (χ3n) is 4.06. The molecule has 1 aromatic heterocycles. The van der Waals surface area contributed by atoms with Crippen molar-refractivity contribution in [3.63, 3.8) is 0 Å². The summed E-state index contributed by atoms with van der Waals surface area (Å²) in [6.45, 7) is 6.14. The highest BCUT2D eigenvalue weighted by atomic mass is 16.1. The van der Waals surface area contributed by atoms with Crippen LogP contribution in [0.4, 0.5) is 0 Å². The molecule has 2 N–H and O–H groups in total. The van der Waals surface area contributed by atoms with Crippen LogP contribution >= 0.6 is 0 Å². The van der Waals surface area contributed by atoms with Crippen LogP contribution in [0.25, 0.3) is 10.9 Å². The van der Waals surface area contributed by atoms with E-state index in [0.29, 0.717) is 5.69 Å². The number of likely N-dealkylation sites (tertiary alicyclic amines) is 1. The Kier molecular flexibility index (Phi) is 3.26. The molecule has 1 saturated heterocycles. The van der Waals surface area contributed by atoms with E-state index in [4.69, 9.17) is 0 Å². The zero-order chi connectivity index (χ0) is 14.3. The molecule has 0 bridgehead atoms. The van der Waals surface area contributed by atoms with Crippen LogP contribution in [-0.4, -0.2) is 42.0 Å². The van der Waals surface area contributed by atoms with Gasteiger partial charge in [0.05, 0.1) is 0 Å². The van der Waals surface area contributed by atoms with Crippen molar-refractivity contribution in [1.82, 2.24) is 15.2 Å². The largest absolute Gasteiger partial charge is 0.351 e. The summed E-state index contributed by atoms with van der Waals surface area (Å²) in [4.78, 5) is 17.8. The predicted octanol–water partition coefficient (Wildman–Crippen LogP) is 2.22. The van der Waals surface area contributed by atoms with Crippen molar-refractivity contribution in [2.24, 2.45) is 0 Å². The Morgan fingerprint density at radius 2 is 2.15 bits per heavy atom. The van der Waals surface area contributed by atoms with Gasteiger partial charge in [-0.15, -0.1) is 0 Å². The lowest BCUT2D eigenvalue weighted by Crippen LogP contribution is -2.36. The van der Waals surface area contributed by atoms with Gasteiger partial charge in [-0.1, -0.05) is 6.07 Å². The predicted molar refractivity (Wildman–Crippen MR) is 81.1 cm³/mol. The second-order valence-electron chi connectivity index (χ2n) is 5.95. The molecular formula is C16H21N3O. The SMILES string of the molecule is Cc1cc(C)c2cc(C(=O)N[C@@H]3CCN(C)C3)[nH]c2c1. The quantitative estimate of drug-likeness (QED) is 0.880. The first-order chi connectivity index (χ1) is 9.52. The first kappa shape index (κ1) is 13.2. The number of likely N-dealkylation sites (N-methyl/N-ethyl adjacent to an activating group) is 1. The number of H-pyrrole nitrogens is 1. The highest BCUT2D eigenvalue weighted by molar-refractivity contribution is 5.99. The van der Waals surface area contributed by atoms with Crippen molar-refractivity contribution >= 4 is 16.8 Å². The number of aromatic nitrogens is 1. The number of carbonyl (C=O) groups is 1. The molecule has 1 atom stereocenters. The van der Waals surface area contributed by atoms with Gasteiger partial charge in [0.1, 0.15) is 5.69 Å². The van der Waals surface area contributed by atoms with Gasteiger partial charge in [-0.25, -0.2) is 0 Å². The van der Waals surface area contributed by atoms with Crippen LogP contribution in [0.5, 0.6) is 0 Å². The fourth-order valence-electron chi connectivity index (χ4n) is 3.04. The van der Waals surface area contributed by atoms with E-state index in [9.17, 15) is 4.79 Å². The molecular weight excluding hydrogens is 250 g/mol. The van der Waals surface area contributed by atoms with E-state index in [1.807, 2.05) is 6.07 Å². The Bertz CT molecular complexity index is 659. The second-order valence-corrected chi connectivity index (χ2v) is 5.95. The molecule has 1 amide bonds. The van der Waals surface area contributed by atoms with Crippen LogP contribution < -0.4 is 5.32 Å². The molecule has 1 fully saturated rings. The van der Waals surface area contributed by atoms with E-state index in [2.05, 4.69) is 48.2 Å². The van der Waals surface area contributed by atoms with Crippen molar-refractivity contribution in [1.29, 1.82) is 0 Å². The molecule has 0 aliphatic carbocycles. The number of hydrogen-bond acceptors (Lipinski definition) is 2. The van der Waals surface area contributed by atoms with Crippen LogP contribution in [-0.2, 0) is 0 Å². The molecule has 0 unspecified atom stereocenters. The number of nitrogens with zero attached hydrogens (tertiary/aromatic N) is 1. The number of carbonyl (C=O) groups excluding carboxylic acids is 1. The van der Waals surface area contributed by atoms with E-state index in [1.54, 1.807) is 0 Å². The van der Waals surface area contributed by atoms with Crippen molar-refractivity contribution in [3.05, 3.63) is 35.0 Å². The number of aromatic amines is 1. The highest BCUT2D eigenvalue weighted by Gasteiger charge is 2.22. The molecule has 2 heterocycles. The van der Waals surface area contributed by atoms with Gasteiger partial charge >= 0.3 is 0 Å². The zero-order valence-corrected chi connectivity index (χ0v) is 12.3. The minimum Gasteiger partial charge on any atom is -0.351 e. The van der Waals surface area contributed by atoms with Crippen molar-refractivity contribution < 1.29 is 4.79 Å². The van der Waals surface area contributed by atoms with Gasteiger partial charge in [0.15, 0.2) is 0 Å². The second kappa shape index (κ2) is 4.94. The van der Waals surface area contributed by atoms with Crippen LogP contribution in [0, 0.1) is 13.8 Å². The van der Waals surface area contributed by atoms with Gasteiger partial charge in [-0.2, -0.15) is 0 Å². The smallest absolute Gasteiger partial charge is 0.267 e. The summed E-state index contributed by atoms with van der Waals surface area (Å²) in [5, 5.41) is 4.24. The van der Waals surface area contributed by atoms with E-state index in [0.717, 1.165) is 30.4 Å². The first-order valence-corrected chi connectivity index (χ1v) is 7.12. The highest BCUT2D eigenvalue weighted by Crippen LogP contribution is 2.21. The summed E-state index contributed by atoms with van der Waals surface area (Å²) >= 11 is 0. The number of fused-ring (bicyclic) bond motifs is 1. The molecule has 1 aliphatic rings. The van der Waals surface area contributed by atoms with E-state index >= 15 is 0 Å². The molecule has 4 heteroatoms. The lowest BCUT2D eigenvalue weighted by atomic mass is 10.1. The Morgan fingerprint density at radius 3 is 2.85 bits per heavy atom. The van der Waals surface area contributed by atoms with E-state index < -0.39 is 0 Å². The van der Waals surface area contributed by atoms with Gasteiger partial charge in [-0.05, 0) is 57.1 Å². The van der Waals surface area contributed by atoms with E-state index in [1.165, 1.54) is 11.1 Å². The average molecular weight is 271 g/mol. The normalized spacial score (nSPS) is 19.6. The monoisotopic (exact) mass is 271 g/mol. The van der Waals surface area contributed by atoms with Crippen LogP contribution in [0.2, 0.25) is 0 Å². The number of rotatable bonds is 2. The number of amides is 1. The van der Waals surface area contributed by atoms with Gasteiger partial charge in [0, 0.05) is 23.5 Å². The fourth-order valence-corrected chi connectivity index (χ4v) is 3.04. The summed E-state index contributed by atoms with van der Waals surface area (Å²) in [6.07, 6.45) is 1.03. The Balaban J connectivity index is 1.83. The van der Waals surface area contributed by atoms with Crippen LogP contribution in [0.3, 0.4) is 0 Å². The van der Waals surface area contributed by atoms with Crippen molar-refractivity contribution in [2.75, 3.05) is 20.1 Å². The number of hydrogen-bond donors (Lipinski definition) is 2. The Morgan fingerprint density at radius 1 is 1.35 bits per heavy atom. The van der Waals surface area contributed by atoms with Gasteiger partial charge in [-0.3, -0.25) is 4.79 Å². The summed E-state index contributed by atoms with van der Waals surface area (Å²) in [5.74, 6) is -0.00134. The summed E-state index contributed by atoms with van der Waals surface area (Å²) in [6, 6.07) is 6.45. The van der Waals surface area contributed by atoms with Crippen molar-refractivity contribution in [3.8, 4) is 0 Å². The molecule has 1 aliphatic heterocycles. The number of benzene rings is 1. The van der Waals surface area contributed by atoms with Gasteiger partial charge in [0.25, 0.3) is 5.91 Å². The maximum absolute atomic E-state index is 12.3. The molecule has 0 spiro atoms. The maximum Gasteiger partial charge on any atom is 0.267 e. The van der Waals surface area contributed by atoms with Crippen LogP contribution in [0.15, 0.2) is 18.2 Å². The Hall–Kier alpha value is -1.81. The van der Waals surface area contributed by atoms with Gasteiger partial charge in [0.2, 0.25) is 0 Å². The molecule has 0 saturated carbocycles. The third-order valence-corrected chi connectivity index (χ3v) is 4.06. The molecule has 2 aromatic rings. The summed E-state index contributed by atoms with van der Waals surface area (Å²) in [5.41, 5.74) is 4.11. The van der Waals surface area contributed by atoms with Gasteiger partial charge < -0.3 is 15.2 Å². The molecule has 4 nitrogen and oxygen atoms in total. The minimum atomic E-state index is -0.00134. The zero-order valence-electron chi connectivity index (χ0n) is 12.3. The molecule has 20 heavy (non-hydrogen) atoms. The minimum absolute atomic E-state index is 0.00134. The lowest BCUT2D eigenvalue weighted by Gasteiger charge is -2.11. The third kappa shape index (κ3) is 2.43. The first-order valence-electron chi connectivity index (χ1n) is 7.12. The standard InChI is InChI=1S/C16H21N3O/c1-10-6-11(2)13-8-15(18-14(13)7-10)16(20)17-12-4-5-19(3)9-12/h6-8,12,18H,4-5,9H2,1-3H3,(H,17,20)/t12-/m1/s1. The lowest BCUT2D eigenvalue weighted by molar-refractivity contribution is 0.0934. The van der Waals surface area contributed by atoms with Crippen molar-refractivity contribution in [2.45, 2.75) is 26.3 Å². The molecule has 3 rings (SSSR count). The molecule has 1 aromatic carbocycles. The maximum atomic E-state index is 12.3. The van der Waals surface area contributed by atoms with E-state index in [-0.39, 0.29) is 11.9 Å². The summed E-state index contributed by atoms with van der Waals surface area (Å²) < 4.78 is 0. The fraction of sp³-hybridized carbons (Fsp3) is 0.438. The Labute approximate surface area is 119 Å². The average Bonchev–Trinajstić information content (AvgIpc) is 2.95. The summed E-state index contributed by atoms with van der Waals surface area (Å²) in [7, 11) is 2.08. The molecule has 0 radical (unpaired) electrons. The number of aryl methyl sites for hydroxylation is 2. The molecule has 106 valence electrons. The topological polar surface area (TPSA) is 48.1 Å².